The van der Waals surface area contributed by atoms with Gasteiger partial charge < -0.3 is 4.42 Å². The van der Waals surface area contributed by atoms with E-state index in [1.54, 1.807) is 0 Å². The van der Waals surface area contributed by atoms with Crippen molar-refractivity contribution in [3.05, 3.63) is 102 Å². The van der Waals surface area contributed by atoms with Gasteiger partial charge in [-0.05, 0) is 51.6 Å². The Hall–Kier alpha value is -4.36. The third kappa shape index (κ3) is 3.92. The Morgan fingerprint density at radius 1 is 0.846 bits per heavy atom. The van der Waals surface area contributed by atoms with Crippen LogP contribution < -0.4 is 0 Å². The van der Waals surface area contributed by atoms with Crippen LogP contribution in [0.1, 0.15) is 31.9 Å². The molecular formula is C33H23B2FN2O. The van der Waals surface area contributed by atoms with Crippen molar-refractivity contribution in [3.8, 4) is 28.5 Å². The van der Waals surface area contributed by atoms with Crippen LogP contribution in [0, 0.1) is 22.6 Å². The summed E-state index contributed by atoms with van der Waals surface area (Å²) in [7, 11) is 12.7. The van der Waals surface area contributed by atoms with Gasteiger partial charge in [0.25, 0.3) is 0 Å². The highest BCUT2D eigenvalue weighted by molar-refractivity contribution is 6.40. The Morgan fingerprint density at radius 2 is 1.59 bits per heavy atom. The Balaban J connectivity index is 1.57. The van der Waals surface area contributed by atoms with Crippen molar-refractivity contribution in [3.63, 3.8) is 0 Å². The van der Waals surface area contributed by atoms with Gasteiger partial charge in [-0.1, -0.05) is 74.5 Å². The predicted molar refractivity (Wildman–Crippen MR) is 157 cm³/mol. The first-order chi connectivity index (χ1) is 18.6. The van der Waals surface area contributed by atoms with Gasteiger partial charge in [0.05, 0.1) is 33.0 Å². The van der Waals surface area contributed by atoms with E-state index >= 15 is 4.39 Å². The van der Waals surface area contributed by atoms with E-state index < -0.39 is 16.4 Å². The molecule has 0 aliphatic carbocycles. The van der Waals surface area contributed by atoms with Gasteiger partial charge in [0.2, 0.25) is 0 Å². The van der Waals surface area contributed by atoms with Crippen LogP contribution in [0.3, 0.4) is 0 Å². The first kappa shape index (κ1) is 24.9. The van der Waals surface area contributed by atoms with E-state index in [-0.39, 0.29) is 5.56 Å². The summed E-state index contributed by atoms with van der Waals surface area (Å²) in [5.74, 6) is -0.531. The third-order valence-electron chi connectivity index (χ3n) is 7.64. The van der Waals surface area contributed by atoms with Crippen LogP contribution >= 0.6 is 0 Å². The highest BCUT2D eigenvalue weighted by Gasteiger charge is 2.35. The summed E-state index contributed by atoms with van der Waals surface area (Å²) in [6.45, 7) is 5.58. The first-order valence-corrected chi connectivity index (χ1v) is 12.7. The number of hydrogen-bond donors (Lipinski definition) is 0. The first-order valence-electron chi connectivity index (χ1n) is 12.7. The molecule has 39 heavy (non-hydrogen) atoms. The van der Waals surface area contributed by atoms with Gasteiger partial charge in [0.15, 0.2) is 0 Å². The minimum absolute atomic E-state index is 0.146. The van der Waals surface area contributed by atoms with Crippen molar-refractivity contribution < 1.29 is 8.81 Å². The second-order valence-electron chi connectivity index (χ2n) is 11.0. The second kappa shape index (κ2) is 8.85. The van der Waals surface area contributed by atoms with Crippen molar-refractivity contribution in [2.75, 3.05) is 0 Å². The molecule has 0 aliphatic heterocycles. The van der Waals surface area contributed by atoms with Crippen molar-refractivity contribution in [1.29, 1.82) is 5.26 Å². The van der Waals surface area contributed by atoms with Crippen LogP contribution in [0.25, 0.3) is 55.1 Å². The number of para-hydroxylation sites is 1. The Bertz CT molecular complexity index is 1960. The molecule has 6 aromatic rings. The summed E-state index contributed by atoms with van der Waals surface area (Å²) in [5.41, 5.74) is 3.86. The van der Waals surface area contributed by atoms with Gasteiger partial charge in [-0.25, -0.2) is 4.39 Å². The number of hydrogen-bond acceptors (Lipinski definition) is 3. The SMILES string of the molecule is [B]C([B])(c1cnc(-c2cccc3c2oc2c(-c4ccc5ccccc5c4)c(C#N)ccc23)cc1F)C(C)(C)C. The number of nitriles is 1. The van der Waals surface area contributed by atoms with Gasteiger partial charge in [-0.3, -0.25) is 4.98 Å². The zero-order valence-electron chi connectivity index (χ0n) is 21.9. The van der Waals surface area contributed by atoms with E-state index in [0.29, 0.717) is 28.0 Å². The standard InChI is InChI=1S/C33H23B2FN2O/c1-32(2,3)33(34,35)26-18-38-28(16-27(26)36)25-10-6-9-23-24-14-13-22(17-37)29(31(24)39-30(23)25)21-12-11-19-7-4-5-8-20(19)15-21/h4-16,18H,1-3H3. The topological polar surface area (TPSA) is 49.8 Å². The number of rotatable bonds is 3. The van der Waals surface area contributed by atoms with Gasteiger partial charge in [-0.15, -0.1) is 0 Å². The molecule has 4 radical (unpaired) electrons. The summed E-state index contributed by atoms with van der Waals surface area (Å²) < 4.78 is 21.9. The van der Waals surface area contributed by atoms with Crippen LogP contribution in [-0.4, -0.2) is 20.7 Å². The molecule has 0 unspecified atom stereocenters. The summed E-state index contributed by atoms with van der Waals surface area (Å²) in [5, 5.41) is 12.5. The van der Waals surface area contributed by atoms with Gasteiger partial charge in [0.1, 0.15) is 17.0 Å². The zero-order chi connectivity index (χ0) is 27.5. The highest BCUT2D eigenvalue weighted by atomic mass is 19.1. The quantitative estimate of drug-likeness (QED) is 0.230. The fraction of sp³-hybridized carbons (Fsp3) is 0.152. The number of benzene rings is 4. The fourth-order valence-electron chi connectivity index (χ4n) is 5.07. The summed E-state index contributed by atoms with van der Waals surface area (Å²) in [6, 6.07) is 27.3. The lowest BCUT2D eigenvalue weighted by Crippen LogP contribution is -2.42. The van der Waals surface area contributed by atoms with E-state index in [4.69, 9.17) is 20.1 Å². The fourth-order valence-corrected chi connectivity index (χ4v) is 5.07. The van der Waals surface area contributed by atoms with E-state index in [1.165, 1.54) is 12.3 Å². The molecule has 184 valence electrons. The van der Waals surface area contributed by atoms with Crippen LogP contribution in [0.15, 0.2) is 89.5 Å². The lowest BCUT2D eigenvalue weighted by molar-refractivity contribution is 0.349. The molecule has 6 rings (SSSR count). The van der Waals surface area contributed by atoms with Crippen molar-refractivity contribution >= 4 is 48.4 Å². The zero-order valence-corrected chi connectivity index (χ0v) is 21.9. The summed E-state index contributed by atoms with van der Waals surface area (Å²) in [6.07, 6.45) is 1.41. The molecule has 0 spiro atoms. The molecule has 0 atom stereocenters. The predicted octanol–water partition coefficient (Wildman–Crippen LogP) is 8.01. The van der Waals surface area contributed by atoms with Crippen LogP contribution in [0.2, 0.25) is 0 Å². The average molecular weight is 504 g/mol. The maximum Gasteiger partial charge on any atom is 0.144 e. The molecule has 0 fully saturated rings. The molecule has 4 aromatic carbocycles. The van der Waals surface area contributed by atoms with Crippen molar-refractivity contribution in [2.45, 2.75) is 26.0 Å². The normalized spacial score (nSPS) is 12.3. The molecule has 3 nitrogen and oxygen atoms in total. The molecule has 0 aliphatic rings. The molecule has 0 saturated heterocycles. The summed E-state index contributed by atoms with van der Waals surface area (Å²) in [4.78, 5) is 4.55. The van der Waals surface area contributed by atoms with Gasteiger partial charge >= 0.3 is 0 Å². The van der Waals surface area contributed by atoms with Crippen molar-refractivity contribution in [1.82, 2.24) is 4.98 Å². The van der Waals surface area contributed by atoms with Gasteiger partial charge in [-0.2, -0.15) is 5.26 Å². The molecule has 0 N–H and O–H groups in total. The largest absolute Gasteiger partial charge is 0.455 e. The molecule has 0 bridgehead atoms. The Morgan fingerprint density at radius 3 is 2.31 bits per heavy atom. The average Bonchev–Trinajstić information content (AvgIpc) is 3.30. The van der Waals surface area contributed by atoms with E-state index in [2.05, 4.69) is 23.2 Å². The maximum absolute atomic E-state index is 15.4. The van der Waals surface area contributed by atoms with Crippen LogP contribution in [-0.2, 0) is 5.21 Å². The maximum atomic E-state index is 15.4. The molecular weight excluding hydrogens is 481 g/mol. The number of fused-ring (bicyclic) bond motifs is 4. The molecule has 0 amide bonds. The van der Waals surface area contributed by atoms with Crippen LogP contribution in [0.4, 0.5) is 4.39 Å². The third-order valence-corrected chi connectivity index (χ3v) is 7.64. The lowest BCUT2D eigenvalue weighted by Gasteiger charge is -2.40. The second-order valence-corrected chi connectivity index (χ2v) is 11.0. The van der Waals surface area contributed by atoms with E-state index in [1.807, 2.05) is 81.4 Å². The van der Waals surface area contributed by atoms with Gasteiger partial charge in [0, 0.05) is 34.2 Å². The molecule has 2 heterocycles. The smallest absolute Gasteiger partial charge is 0.144 e. The highest BCUT2D eigenvalue weighted by Crippen LogP contribution is 2.42. The number of halogens is 1. The Labute approximate surface area is 229 Å². The number of pyridine rings is 1. The number of nitrogens with zero attached hydrogens (tertiary/aromatic N) is 2. The Kier molecular flexibility index (Phi) is 5.66. The lowest BCUT2D eigenvalue weighted by atomic mass is 9.41. The van der Waals surface area contributed by atoms with E-state index in [0.717, 1.165) is 32.7 Å². The molecule has 6 heteroatoms. The summed E-state index contributed by atoms with van der Waals surface area (Å²) >= 11 is 0. The minimum atomic E-state index is -1.41. The van der Waals surface area contributed by atoms with Crippen LogP contribution in [0.5, 0.6) is 0 Å². The number of aromatic nitrogens is 1. The molecule has 2 aromatic heterocycles. The molecule has 0 saturated carbocycles. The van der Waals surface area contributed by atoms with Crippen molar-refractivity contribution in [2.24, 2.45) is 5.41 Å². The van der Waals surface area contributed by atoms with E-state index in [9.17, 15) is 5.26 Å². The monoisotopic (exact) mass is 504 g/mol. The number of furan rings is 1. The minimum Gasteiger partial charge on any atom is -0.455 e.